The van der Waals surface area contributed by atoms with Gasteiger partial charge in [-0.2, -0.15) is 0 Å². The maximum Gasteiger partial charge on any atom is 0.306 e. The molecule has 0 bridgehead atoms. The topological polar surface area (TPSA) is 61.8 Å². The summed E-state index contributed by atoms with van der Waals surface area (Å²) in [5, 5.41) is 0. The first-order valence-corrected chi connectivity index (χ1v) is 23.1. The van der Waals surface area contributed by atoms with Crippen molar-refractivity contribution in [3.05, 3.63) is 85.1 Å². The first-order chi connectivity index (χ1) is 27.6. The van der Waals surface area contributed by atoms with E-state index in [0.717, 1.165) is 109 Å². The fourth-order valence-electron chi connectivity index (χ4n) is 6.04. The third-order valence-electron chi connectivity index (χ3n) is 9.43. The van der Waals surface area contributed by atoms with Crippen LogP contribution < -0.4 is 0 Å². The Hall–Kier alpha value is -2.92. The van der Waals surface area contributed by atoms with E-state index in [1.54, 1.807) is 0 Å². The maximum atomic E-state index is 12.7. The zero-order valence-corrected chi connectivity index (χ0v) is 36.6. The quantitative estimate of drug-likeness (QED) is 0.0351. The highest BCUT2D eigenvalue weighted by molar-refractivity contribution is 5.70. The van der Waals surface area contributed by atoms with Crippen molar-refractivity contribution in [2.45, 2.75) is 207 Å². The molecule has 0 aromatic rings. The Labute approximate surface area is 346 Å². The van der Waals surface area contributed by atoms with Gasteiger partial charge in [-0.15, -0.1) is 0 Å². The summed E-state index contributed by atoms with van der Waals surface area (Å²) in [6.07, 6.45) is 60.1. The molecule has 0 aliphatic heterocycles. The van der Waals surface area contributed by atoms with E-state index in [1.165, 1.54) is 57.8 Å². The molecule has 0 saturated carbocycles. The van der Waals surface area contributed by atoms with Gasteiger partial charge < -0.3 is 14.2 Å². The zero-order valence-electron chi connectivity index (χ0n) is 36.6. The van der Waals surface area contributed by atoms with Crippen LogP contribution in [0.1, 0.15) is 201 Å². The molecule has 0 N–H and O–H groups in total. The molecule has 0 fully saturated rings. The first kappa shape index (κ1) is 53.1. The van der Waals surface area contributed by atoms with Gasteiger partial charge >= 0.3 is 11.9 Å². The van der Waals surface area contributed by atoms with Gasteiger partial charge in [0.2, 0.25) is 0 Å². The second kappa shape index (κ2) is 46.5. The summed E-state index contributed by atoms with van der Waals surface area (Å²) in [5.41, 5.74) is 0. The van der Waals surface area contributed by atoms with E-state index >= 15 is 0 Å². The molecular weight excluding hydrogens is 693 g/mol. The minimum absolute atomic E-state index is 0.0606. The standard InChI is InChI=1S/C51H86O5/c1-4-7-10-13-16-19-21-23-25-26-27-28-30-33-35-38-41-44-50(52)55-48-49(56-51(53)45-42-39-36-32-18-15-12-9-6-3)47-54-46-43-40-37-34-31-29-24-22-20-17-14-11-8-5-2/h7-8,10-11,16-17,19-20,23-25,27-29,49H,4-6,9,12-15,18,21-22,26,30-48H2,1-3H3/b10-7-,11-8-,19-16-,20-17-,25-23-,28-27-,29-24-. The Morgan fingerprint density at radius 1 is 0.411 bits per heavy atom. The van der Waals surface area contributed by atoms with Crippen LogP contribution in [0.15, 0.2) is 85.1 Å². The van der Waals surface area contributed by atoms with Gasteiger partial charge in [0.1, 0.15) is 6.61 Å². The van der Waals surface area contributed by atoms with Crippen molar-refractivity contribution in [1.29, 1.82) is 0 Å². The SMILES string of the molecule is CC/C=C\C/C=C\C/C=C\C/C=C\CCCCCCC(=O)OCC(COCCCCCC/C=C\C/C=C\C/C=C\CC)OC(=O)CCCCCCCCCCC. The fourth-order valence-corrected chi connectivity index (χ4v) is 6.04. The van der Waals surface area contributed by atoms with E-state index < -0.39 is 6.10 Å². The van der Waals surface area contributed by atoms with E-state index in [1.807, 2.05) is 0 Å². The molecule has 0 rings (SSSR count). The van der Waals surface area contributed by atoms with E-state index in [0.29, 0.717) is 19.4 Å². The van der Waals surface area contributed by atoms with Crippen molar-refractivity contribution >= 4 is 11.9 Å². The van der Waals surface area contributed by atoms with E-state index in [-0.39, 0.29) is 25.2 Å². The Bertz CT molecular complexity index is 1060. The highest BCUT2D eigenvalue weighted by Crippen LogP contribution is 2.13. The number of hydrogen-bond donors (Lipinski definition) is 0. The van der Waals surface area contributed by atoms with Crippen molar-refractivity contribution in [1.82, 2.24) is 0 Å². The van der Waals surface area contributed by atoms with Crippen LogP contribution in [-0.2, 0) is 23.8 Å². The van der Waals surface area contributed by atoms with Gasteiger partial charge in [0.15, 0.2) is 6.10 Å². The number of rotatable bonds is 41. The van der Waals surface area contributed by atoms with Crippen LogP contribution in [0.2, 0.25) is 0 Å². The normalized spacial score (nSPS) is 13.0. The number of ether oxygens (including phenoxy) is 3. The third kappa shape index (κ3) is 43.8. The van der Waals surface area contributed by atoms with Gasteiger partial charge in [-0.3, -0.25) is 9.59 Å². The first-order valence-electron chi connectivity index (χ1n) is 23.1. The summed E-state index contributed by atoms with van der Waals surface area (Å²) in [5.74, 6) is -0.444. The van der Waals surface area contributed by atoms with Crippen LogP contribution in [0, 0.1) is 0 Å². The van der Waals surface area contributed by atoms with E-state index in [2.05, 4.69) is 106 Å². The minimum atomic E-state index is -0.557. The summed E-state index contributed by atoms with van der Waals surface area (Å²) in [7, 11) is 0. The molecular formula is C51H86O5. The molecule has 0 aliphatic carbocycles. The summed E-state index contributed by atoms with van der Waals surface area (Å²) >= 11 is 0. The summed E-state index contributed by atoms with van der Waals surface area (Å²) in [6, 6.07) is 0. The largest absolute Gasteiger partial charge is 0.462 e. The number of hydrogen-bond acceptors (Lipinski definition) is 5. The van der Waals surface area contributed by atoms with Crippen LogP contribution in [0.25, 0.3) is 0 Å². The van der Waals surface area contributed by atoms with E-state index in [4.69, 9.17) is 14.2 Å². The number of carbonyl (C=O) groups excluding carboxylic acids is 2. The molecule has 0 aromatic heterocycles. The number of allylic oxidation sites excluding steroid dienone is 14. The Kier molecular flexibility index (Phi) is 44.0. The van der Waals surface area contributed by atoms with Gasteiger partial charge in [-0.05, 0) is 89.9 Å². The van der Waals surface area contributed by atoms with Crippen LogP contribution in [0.5, 0.6) is 0 Å². The van der Waals surface area contributed by atoms with Crippen molar-refractivity contribution < 1.29 is 23.8 Å². The van der Waals surface area contributed by atoms with Gasteiger partial charge in [0.25, 0.3) is 0 Å². The summed E-state index contributed by atoms with van der Waals surface area (Å²) < 4.78 is 17.3. The Balaban J connectivity index is 4.30. The van der Waals surface area contributed by atoms with Crippen LogP contribution >= 0.6 is 0 Å². The van der Waals surface area contributed by atoms with Gasteiger partial charge in [-0.1, -0.05) is 183 Å². The lowest BCUT2D eigenvalue weighted by atomic mass is 10.1. The minimum Gasteiger partial charge on any atom is -0.462 e. The molecule has 320 valence electrons. The molecule has 1 atom stereocenters. The molecule has 0 aliphatic rings. The number of unbranched alkanes of at least 4 members (excludes halogenated alkanes) is 16. The van der Waals surface area contributed by atoms with Crippen LogP contribution in [-0.4, -0.2) is 37.9 Å². The second-order valence-corrected chi connectivity index (χ2v) is 14.9. The molecule has 5 nitrogen and oxygen atoms in total. The lowest BCUT2D eigenvalue weighted by Gasteiger charge is -2.18. The molecule has 1 unspecified atom stereocenters. The number of carbonyl (C=O) groups is 2. The lowest BCUT2D eigenvalue weighted by molar-refractivity contribution is -0.163. The summed E-state index contributed by atoms with van der Waals surface area (Å²) in [6.45, 7) is 7.50. The van der Waals surface area contributed by atoms with Crippen molar-refractivity contribution in [2.75, 3.05) is 19.8 Å². The predicted octanol–water partition coefficient (Wildman–Crippen LogP) is 15.3. The molecule has 56 heavy (non-hydrogen) atoms. The molecule has 0 aromatic carbocycles. The van der Waals surface area contributed by atoms with Crippen molar-refractivity contribution in [3.63, 3.8) is 0 Å². The second-order valence-electron chi connectivity index (χ2n) is 14.9. The van der Waals surface area contributed by atoms with Gasteiger partial charge in [0.05, 0.1) is 6.61 Å². The third-order valence-corrected chi connectivity index (χ3v) is 9.43. The predicted molar refractivity (Wildman–Crippen MR) is 242 cm³/mol. The zero-order chi connectivity index (χ0) is 40.7. The average Bonchev–Trinajstić information content (AvgIpc) is 3.20. The molecule has 0 radical (unpaired) electrons. The molecule has 0 spiro atoms. The average molecular weight is 779 g/mol. The lowest BCUT2D eigenvalue weighted by Crippen LogP contribution is -2.30. The fraction of sp³-hybridized carbons (Fsp3) is 0.686. The highest BCUT2D eigenvalue weighted by Gasteiger charge is 2.17. The number of esters is 2. The van der Waals surface area contributed by atoms with Gasteiger partial charge in [-0.25, -0.2) is 0 Å². The maximum absolute atomic E-state index is 12.7. The highest BCUT2D eigenvalue weighted by atomic mass is 16.6. The molecule has 5 heteroatoms. The monoisotopic (exact) mass is 779 g/mol. The smallest absolute Gasteiger partial charge is 0.306 e. The Morgan fingerprint density at radius 3 is 1.29 bits per heavy atom. The van der Waals surface area contributed by atoms with Crippen molar-refractivity contribution in [2.24, 2.45) is 0 Å². The van der Waals surface area contributed by atoms with Crippen molar-refractivity contribution in [3.8, 4) is 0 Å². The van der Waals surface area contributed by atoms with Crippen LogP contribution in [0.4, 0.5) is 0 Å². The van der Waals surface area contributed by atoms with Crippen LogP contribution in [0.3, 0.4) is 0 Å². The van der Waals surface area contributed by atoms with E-state index in [9.17, 15) is 9.59 Å². The molecule has 0 amide bonds. The van der Waals surface area contributed by atoms with Gasteiger partial charge in [0, 0.05) is 19.4 Å². The molecule has 0 saturated heterocycles. The Morgan fingerprint density at radius 2 is 0.804 bits per heavy atom. The molecule has 0 heterocycles. The summed E-state index contributed by atoms with van der Waals surface area (Å²) in [4.78, 5) is 25.2.